The third-order valence-electron chi connectivity index (χ3n) is 6.33. The third kappa shape index (κ3) is 5.97. The Kier molecular flexibility index (Phi) is 8.20. The van der Waals surface area contributed by atoms with Crippen molar-refractivity contribution in [2.45, 2.75) is 39.7 Å². The van der Waals surface area contributed by atoms with Crippen LogP contribution < -0.4 is 5.32 Å². The molecule has 1 aliphatic rings. The van der Waals surface area contributed by atoms with Crippen molar-refractivity contribution in [1.29, 1.82) is 0 Å². The lowest BCUT2D eigenvalue weighted by molar-refractivity contribution is -0.134. The van der Waals surface area contributed by atoms with E-state index < -0.39 is 17.8 Å². The van der Waals surface area contributed by atoms with Gasteiger partial charge in [-0.2, -0.15) is 0 Å². The molecule has 0 bridgehead atoms. The molecule has 1 saturated heterocycles. The lowest BCUT2D eigenvalue weighted by Gasteiger charge is -2.37. The number of benzene rings is 2. The van der Waals surface area contributed by atoms with Gasteiger partial charge in [-0.1, -0.05) is 17.7 Å². The molecule has 3 rings (SSSR count). The van der Waals surface area contributed by atoms with E-state index >= 15 is 0 Å². The molecule has 2 aromatic carbocycles. The molecule has 1 heterocycles. The van der Waals surface area contributed by atoms with Gasteiger partial charge in [-0.25, -0.2) is 4.39 Å². The number of likely N-dealkylation sites (tertiary alicyclic amines) is 1. The van der Waals surface area contributed by atoms with Crippen molar-refractivity contribution >= 4 is 17.7 Å². The highest BCUT2D eigenvalue weighted by molar-refractivity contribution is 5.97. The fourth-order valence-electron chi connectivity index (χ4n) is 4.25. The average molecular weight is 454 g/mol. The van der Waals surface area contributed by atoms with Gasteiger partial charge in [-0.05, 0) is 75.9 Å². The number of carbonyl (C=O) groups is 3. The van der Waals surface area contributed by atoms with E-state index in [2.05, 4.69) is 5.32 Å². The first-order valence-corrected chi connectivity index (χ1v) is 11.5. The van der Waals surface area contributed by atoms with Gasteiger partial charge in [0.05, 0.1) is 0 Å². The van der Waals surface area contributed by atoms with Crippen LogP contribution in [0.1, 0.15) is 53.0 Å². The minimum atomic E-state index is -0.695. The Morgan fingerprint density at radius 1 is 0.970 bits per heavy atom. The molecule has 1 fully saturated rings. The Labute approximate surface area is 194 Å². The predicted molar refractivity (Wildman–Crippen MR) is 125 cm³/mol. The van der Waals surface area contributed by atoms with Crippen LogP contribution in [0.4, 0.5) is 4.39 Å². The zero-order valence-corrected chi connectivity index (χ0v) is 19.5. The number of rotatable bonds is 7. The molecule has 6 nitrogen and oxygen atoms in total. The summed E-state index contributed by atoms with van der Waals surface area (Å²) in [5.41, 5.74) is 2.06. The first kappa shape index (κ1) is 24.4. The average Bonchev–Trinajstić information content (AvgIpc) is 2.83. The normalized spacial score (nSPS) is 15.1. The second kappa shape index (κ2) is 11.1. The maximum Gasteiger partial charge on any atom is 0.253 e. The molecule has 176 valence electrons. The zero-order chi connectivity index (χ0) is 24.0. The predicted octanol–water partition coefficient (Wildman–Crippen LogP) is 3.65. The van der Waals surface area contributed by atoms with Crippen molar-refractivity contribution in [1.82, 2.24) is 15.1 Å². The molecule has 1 unspecified atom stereocenters. The summed E-state index contributed by atoms with van der Waals surface area (Å²) in [4.78, 5) is 42.5. The highest BCUT2D eigenvalue weighted by atomic mass is 19.1. The molecule has 7 heteroatoms. The Balaban J connectivity index is 1.72. The van der Waals surface area contributed by atoms with E-state index in [1.54, 1.807) is 4.90 Å². The van der Waals surface area contributed by atoms with Gasteiger partial charge < -0.3 is 15.1 Å². The number of amides is 3. The van der Waals surface area contributed by atoms with Gasteiger partial charge in [-0.15, -0.1) is 0 Å². The van der Waals surface area contributed by atoms with Crippen molar-refractivity contribution < 1.29 is 18.8 Å². The fraction of sp³-hybridized carbons (Fsp3) is 0.423. The summed E-state index contributed by atoms with van der Waals surface area (Å²) in [6.07, 6.45) is 1.22. The van der Waals surface area contributed by atoms with Gasteiger partial charge in [0.25, 0.3) is 11.8 Å². The molecular weight excluding hydrogens is 421 g/mol. The first-order valence-electron chi connectivity index (χ1n) is 11.5. The number of halogens is 1. The molecule has 0 saturated carbocycles. The standard InChI is InChI=1S/C26H32FN3O3/c1-4-29(5-2)26(33)23(28-24(31)20-10-12-22(27)13-11-20)19-14-16-30(17-15-19)25(32)21-8-6-18(3)7-9-21/h6-13,19,23H,4-5,14-17H2,1-3H3,(H,28,31). The van der Waals surface area contributed by atoms with Crippen molar-refractivity contribution in [3.8, 4) is 0 Å². The van der Waals surface area contributed by atoms with Crippen LogP contribution in [-0.2, 0) is 4.79 Å². The lowest BCUT2D eigenvalue weighted by atomic mass is 9.87. The third-order valence-corrected chi connectivity index (χ3v) is 6.33. The summed E-state index contributed by atoms with van der Waals surface area (Å²) in [6, 6.07) is 12.1. The van der Waals surface area contributed by atoms with Gasteiger partial charge in [0.1, 0.15) is 11.9 Å². The quantitative estimate of drug-likeness (QED) is 0.696. The largest absolute Gasteiger partial charge is 0.341 e. The topological polar surface area (TPSA) is 69.7 Å². The van der Waals surface area contributed by atoms with Crippen LogP contribution in [0.2, 0.25) is 0 Å². The summed E-state index contributed by atoms with van der Waals surface area (Å²) in [5, 5.41) is 2.90. The van der Waals surface area contributed by atoms with Crippen molar-refractivity contribution in [3.63, 3.8) is 0 Å². The summed E-state index contributed by atoms with van der Waals surface area (Å²) in [6.45, 7) is 7.92. The molecule has 33 heavy (non-hydrogen) atoms. The highest BCUT2D eigenvalue weighted by Crippen LogP contribution is 2.24. The number of aryl methyl sites for hydroxylation is 1. The minimum absolute atomic E-state index is 0.0181. The van der Waals surface area contributed by atoms with E-state index in [0.717, 1.165) is 5.56 Å². The van der Waals surface area contributed by atoms with Gasteiger partial charge in [0.2, 0.25) is 5.91 Å². The fourth-order valence-corrected chi connectivity index (χ4v) is 4.25. The number of nitrogens with one attached hydrogen (secondary N) is 1. The zero-order valence-electron chi connectivity index (χ0n) is 19.5. The van der Waals surface area contributed by atoms with E-state index in [9.17, 15) is 18.8 Å². The molecule has 0 radical (unpaired) electrons. The Hall–Kier alpha value is -3.22. The molecular formula is C26H32FN3O3. The molecule has 1 atom stereocenters. The van der Waals surface area contributed by atoms with Crippen molar-refractivity contribution in [2.24, 2.45) is 5.92 Å². The number of hydrogen-bond acceptors (Lipinski definition) is 3. The molecule has 2 aromatic rings. The van der Waals surface area contributed by atoms with Crippen LogP contribution >= 0.6 is 0 Å². The van der Waals surface area contributed by atoms with E-state index in [-0.39, 0.29) is 17.7 Å². The van der Waals surface area contributed by atoms with E-state index in [4.69, 9.17) is 0 Å². The van der Waals surface area contributed by atoms with E-state index in [1.807, 2.05) is 49.9 Å². The smallest absolute Gasteiger partial charge is 0.253 e. The number of hydrogen-bond donors (Lipinski definition) is 1. The van der Waals surface area contributed by atoms with Crippen LogP contribution in [-0.4, -0.2) is 59.7 Å². The van der Waals surface area contributed by atoms with Crippen LogP contribution in [0.5, 0.6) is 0 Å². The SMILES string of the molecule is CCN(CC)C(=O)C(NC(=O)c1ccc(F)cc1)C1CCN(C(=O)c2ccc(C)cc2)CC1. The summed E-state index contributed by atoms with van der Waals surface area (Å²) >= 11 is 0. The van der Waals surface area contributed by atoms with Gasteiger partial charge in [0, 0.05) is 37.3 Å². The van der Waals surface area contributed by atoms with Crippen LogP contribution in [0.3, 0.4) is 0 Å². The Morgan fingerprint density at radius 2 is 1.52 bits per heavy atom. The summed E-state index contributed by atoms with van der Waals surface area (Å²) in [5.74, 6) is -1.06. The number of piperidine rings is 1. The van der Waals surface area contributed by atoms with Gasteiger partial charge in [0.15, 0.2) is 0 Å². The van der Waals surface area contributed by atoms with Crippen molar-refractivity contribution in [2.75, 3.05) is 26.2 Å². The minimum Gasteiger partial charge on any atom is -0.341 e. The number of carbonyl (C=O) groups excluding carboxylic acids is 3. The van der Waals surface area contributed by atoms with E-state index in [0.29, 0.717) is 50.1 Å². The monoisotopic (exact) mass is 453 g/mol. The second-order valence-corrected chi connectivity index (χ2v) is 8.46. The van der Waals surface area contributed by atoms with E-state index in [1.165, 1.54) is 24.3 Å². The summed E-state index contributed by atoms with van der Waals surface area (Å²) < 4.78 is 13.2. The van der Waals surface area contributed by atoms with Crippen LogP contribution in [0.15, 0.2) is 48.5 Å². The van der Waals surface area contributed by atoms with Crippen molar-refractivity contribution in [3.05, 3.63) is 71.0 Å². The Bertz CT molecular complexity index is 963. The molecule has 3 amide bonds. The second-order valence-electron chi connectivity index (χ2n) is 8.46. The highest BCUT2D eigenvalue weighted by Gasteiger charge is 2.35. The van der Waals surface area contributed by atoms with Crippen LogP contribution in [0, 0.1) is 18.7 Å². The maximum absolute atomic E-state index is 13.3. The molecule has 0 aliphatic carbocycles. The maximum atomic E-state index is 13.3. The summed E-state index contributed by atoms with van der Waals surface area (Å²) in [7, 11) is 0. The van der Waals surface area contributed by atoms with Gasteiger partial charge in [-0.3, -0.25) is 14.4 Å². The van der Waals surface area contributed by atoms with Crippen LogP contribution in [0.25, 0.3) is 0 Å². The number of nitrogens with zero attached hydrogens (tertiary/aromatic N) is 2. The molecule has 1 aliphatic heterocycles. The molecule has 1 N–H and O–H groups in total. The van der Waals surface area contributed by atoms with Gasteiger partial charge >= 0.3 is 0 Å². The Morgan fingerprint density at radius 3 is 2.06 bits per heavy atom. The lowest BCUT2D eigenvalue weighted by Crippen LogP contribution is -2.54. The number of likely N-dealkylation sites (N-methyl/N-ethyl adjacent to an activating group) is 1. The first-order chi connectivity index (χ1) is 15.8. The molecule has 0 aromatic heterocycles. The molecule has 0 spiro atoms.